The number of hydrogen-bond donors (Lipinski definition) is 2. The Labute approximate surface area is 127 Å². The van der Waals surface area contributed by atoms with Gasteiger partial charge >= 0.3 is 6.61 Å². The zero-order valence-corrected chi connectivity index (χ0v) is 13.2. The van der Waals surface area contributed by atoms with Crippen molar-refractivity contribution in [3.63, 3.8) is 0 Å². The van der Waals surface area contributed by atoms with Crippen molar-refractivity contribution in [3.05, 3.63) is 15.8 Å². The molecule has 21 heavy (non-hydrogen) atoms. The van der Waals surface area contributed by atoms with E-state index in [-0.39, 0.29) is 22.6 Å². The van der Waals surface area contributed by atoms with Gasteiger partial charge in [-0.1, -0.05) is 13.8 Å². The molecule has 0 saturated carbocycles. The van der Waals surface area contributed by atoms with Gasteiger partial charge in [-0.25, -0.2) is 0 Å². The number of halogens is 2. The predicted octanol–water partition coefficient (Wildman–Crippen LogP) is 3.19. The van der Waals surface area contributed by atoms with Crippen LogP contribution in [0.3, 0.4) is 0 Å². The molecule has 1 aromatic heterocycles. The first-order valence-electron chi connectivity index (χ1n) is 6.69. The van der Waals surface area contributed by atoms with Gasteiger partial charge in [-0.2, -0.15) is 8.78 Å². The first kappa shape index (κ1) is 17.8. The van der Waals surface area contributed by atoms with Crippen LogP contribution in [0.15, 0.2) is 6.07 Å². The van der Waals surface area contributed by atoms with Crippen LogP contribution >= 0.6 is 11.3 Å². The monoisotopic (exact) mass is 321 g/mol. The molecular formula is C14H21F2NO3S. The van der Waals surface area contributed by atoms with Crippen molar-refractivity contribution in [3.8, 4) is 5.75 Å². The lowest BCUT2D eigenvalue weighted by Crippen LogP contribution is -2.26. The molecule has 0 aliphatic heterocycles. The summed E-state index contributed by atoms with van der Waals surface area (Å²) in [6, 6.07) is 1.43. The Morgan fingerprint density at radius 1 is 1.52 bits per heavy atom. The maximum absolute atomic E-state index is 12.3. The standard InChI is InChI=1S/C14H21F2NO3S/c1-9-7-10(20-13(15)16)11(21-9)12(19)17-6-4-5-14(2,3)8-18/h7,13,18H,4-6,8H2,1-3H3,(H,17,19). The molecule has 0 atom stereocenters. The fourth-order valence-corrected chi connectivity index (χ4v) is 2.62. The molecule has 1 amide bonds. The highest BCUT2D eigenvalue weighted by Crippen LogP contribution is 2.30. The molecule has 0 aromatic carbocycles. The summed E-state index contributed by atoms with van der Waals surface area (Å²) in [6.45, 7) is 3.16. The van der Waals surface area contributed by atoms with Gasteiger partial charge in [0.05, 0.1) is 0 Å². The summed E-state index contributed by atoms with van der Waals surface area (Å²) in [4.78, 5) is 12.9. The van der Waals surface area contributed by atoms with Gasteiger partial charge in [-0.3, -0.25) is 4.79 Å². The van der Waals surface area contributed by atoms with E-state index >= 15 is 0 Å². The normalized spacial score (nSPS) is 11.8. The molecule has 2 N–H and O–H groups in total. The number of alkyl halides is 2. The van der Waals surface area contributed by atoms with Crippen molar-refractivity contribution in [1.29, 1.82) is 0 Å². The Bertz CT molecular complexity index is 475. The van der Waals surface area contributed by atoms with Crippen LogP contribution in [0.5, 0.6) is 5.75 Å². The second-order valence-corrected chi connectivity index (χ2v) is 6.87. The highest BCUT2D eigenvalue weighted by atomic mass is 32.1. The molecule has 0 aliphatic rings. The predicted molar refractivity (Wildman–Crippen MR) is 78.1 cm³/mol. The van der Waals surface area contributed by atoms with Crippen molar-refractivity contribution in [2.75, 3.05) is 13.2 Å². The summed E-state index contributed by atoms with van der Waals surface area (Å²) in [5, 5.41) is 11.8. The maximum Gasteiger partial charge on any atom is 0.387 e. The number of thiophene rings is 1. The van der Waals surface area contributed by atoms with Crippen LogP contribution in [0.4, 0.5) is 8.78 Å². The van der Waals surface area contributed by atoms with E-state index in [0.29, 0.717) is 13.0 Å². The quantitative estimate of drug-likeness (QED) is 0.723. The molecule has 1 rings (SSSR count). The molecule has 0 fully saturated rings. The number of hydrogen-bond acceptors (Lipinski definition) is 4. The van der Waals surface area contributed by atoms with Gasteiger partial charge in [-0.15, -0.1) is 11.3 Å². The van der Waals surface area contributed by atoms with Crippen molar-refractivity contribution < 1.29 is 23.4 Å². The van der Waals surface area contributed by atoms with Gasteiger partial charge in [0.1, 0.15) is 10.6 Å². The number of rotatable bonds is 8. The van der Waals surface area contributed by atoms with E-state index in [0.717, 1.165) is 22.6 Å². The van der Waals surface area contributed by atoms with Crippen LogP contribution < -0.4 is 10.1 Å². The molecule has 0 unspecified atom stereocenters. The van der Waals surface area contributed by atoms with Crippen molar-refractivity contribution in [2.45, 2.75) is 40.2 Å². The van der Waals surface area contributed by atoms with E-state index in [9.17, 15) is 13.6 Å². The topological polar surface area (TPSA) is 58.6 Å². The molecule has 120 valence electrons. The highest BCUT2D eigenvalue weighted by molar-refractivity contribution is 7.14. The van der Waals surface area contributed by atoms with Gasteiger partial charge < -0.3 is 15.2 Å². The maximum atomic E-state index is 12.3. The Hall–Kier alpha value is -1.21. The summed E-state index contributed by atoms with van der Waals surface area (Å²) in [6.07, 6.45) is 1.46. The number of aryl methyl sites for hydroxylation is 1. The third-order valence-corrected chi connectivity index (χ3v) is 4.02. The molecule has 0 aliphatic carbocycles. The Balaban J connectivity index is 2.52. The van der Waals surface area contributed by atoms with E-state index in [1.807, 2.05) is 13.8 Å². The molecule has 7 heteroatoms. The second-order valence-electron chi connectivity index (χ2n) is 5.61. The minimum absolute atomic E-state index is 0.0808. The summed E-state index contributed by atoms with van der Waals surface area (Å²) >= 11 is 1.12. The fraction of sp³-hybridized carbons (Fsp3) is 0.643. The fourth-order valence-electron chi connectivity index (χ4n) is 1.76. The summed E-state index contributed by atoms with van der Waals surface area (Å²) in [5.41, 5.74) is -0.186. The summed E-state index contributed by atoms with van der Waals surface area (Å²) < 4.78 is 28.9. The van der Waals surface area contributed by atoms with Crippen molar-refractivity contribution >= 4 is 17.2 Å². The third kappa shape index (κ3) is 5.97. The lowest BCUT2D eigenvalue weighted by Gasteiger charge is -2.21. The van der Waals surface area contributed by atoms with Gasteiger partial charge in [0.2, 0.25) is 0 Å². The van der Waals surface area contributed by atoms with Crippen LogP contribution in [0, 0.1) is 12.3 Å². The zero-order chi connectivity index (χ0) is 16.0. The van der Waals surface area contributed by atoms with Crippen LogP contribution in [0.25, 0.3) is 0 Å². The summed E-state index contributed by atoms with van der Waals surface area (Å²) in [7, 11) is 0. The van der Waals surface area contributed by atoms with Gasteiger partial charge in [-0.05, 0) is 31.2 Å². The van der Waals surface area contributed by atoms with Crippen LogP contribution in [-0.4, -0.2) is 30.8 Å². The van der Waals surface area contributed by atoms with Crippen molar-refractivity contribution in [2.24, 2.45) is 5.41 Å². The number of aliphatic hydroxyl groups is 1. The molecule has 0 bridgehead atoms. The van der Waals surface area contributed by atoms with Crippen LogP contribution in [0.1, 0.15) is 41.2 Å². The molecule has 0 saturated heterocycles. The van der Waals surface area contributed by atoms with Crippen LogP contribution in [-0.2, 0) is 0 Å². The third-order valence-electron chi connectivity index (χ3n) is 2.99. The van der Waals surface area contributed by atoms with Crippen molar-refractivity contribution in [1.82, 2.24) is 5.32 Å². The van der Waals surface area contributed by atoms with E-state index < -0.39 is 12.5 Å². The largest absolute Gasteiger partial charge is 0.433 e. The van der Waals surface area contributed by atoms with E-state index in [4.69, 9.17) is 5.11 Å². The molecule has 0 spiro atoms. The Kier molecular flexibility index (Phi) is 6.54. The lowest BCUT2D eigenvalue weighted by molar-refractivity contribution is -0.0498. The smallest absolute Gasteiger partial charge is 0.387 e. The minimum atomic E-state index is -2.95. The van der Waals surface area contributed by atoms with E-state index in [2.05, 4.69) is 10.1 Å². The second kappa shape index (κ2) is 7.70. The molecule has 1 heterocycles. The Morgan fingerprint density at radius 2 is 2.19 bits per heavy atom. The highest BCUT2D eigenvalue weighted by Gasteiger charge is 2.20. The zero-order valence-electron chi connectivity index (χ0n) is 12.4. The minimum Gasteiger partial charge on any atom is -0.433 e. The average Bonchev–Trinajstić information content (AvgIpc) is 2.74. The Morgan fingerprint density at radius 3 is 2.76 bits per heavy atom. The van der Waals surface area contributed by atoms with Crippen LogP contribution in [0.2, 0.25) is 0 Å². The van der Waals surface area contributed by atoms with E-state index in [1.54, 1.807) is 6.92 Å². The number of carbonyl (C=O) groups is 1. The lowest BCUT2D eigenvalue weighted by atomic mass is 9.89. The van der Waals surface area contributed by atoms with E-state index in [1.165, 1.54) is 6.07 Å². The molecular weight excluding hydrogens is 300 g/mol. The first-order chi connectivity index (χ1) is 9.75. The number of nitrogens with one attached hydrogen (secondary N) is 1. The SMILES string of the molecule is Cc1cc(OC(F)F)c(C(=O)NCCCC(C)(C)CO)s1. The number of carbonyl (C=O) groups excluding carboxylic acids is 1. The average molecular weight is 321 g/mol. The van der Waals surface area contributed by atoms with Gasteiger partial charge in [0.25, 0.3) is 5.91 Å². The number of ether oxygens (including phenoxy) is 1. The number of amides is 1. The molecule has 4 nitrogen and oxygen atoms in total. The number of aliphatic hydroxyl groups excluding tert-OH is 1. The first-order valence-corrected chi connectivity index (χ1v) is 7.51. The molecule has 1 aromatic rings. The van der Waals surface area contributed by atoms with Gasteiger partial charge in [0, 0.05) is 18.0 Å². The summed E-state index contributed by atoms with van der Waals surface area (Å²) in [5.74, 6) is -0.494. The van der Waals surface area contributed by atoms with Gasteiger partial charge in [0.15, 0.2) is 0 Å². The molecule has 0 radical (unpaired) electrons.